The Morgan fingerprint density at radius 3 is 2.23 bits per heavy atom. The molecule has 0 radical (unpaired) electrons. The van der Waals surface area contributed by atoms with Crippen LogP contribution < -0.4 is 9.47 Å². The predicted octanol–water partition coefficient (Wildman–Crippen LogP) is 4.45. The van der Waals surface area contributed by atoms with E-state index in [-0.39, 0.29) is 0 Å². The molecule has 0 atom stereocenters. The summed E-state index contributed by atoms with van der Waals surface area (Å²) in [4.78, 5) is 2.54. The maximum absolute atomic E-state index is 5.76. The number of nitrogens with zero attached hydrogens (tertiary/aromatic N) is 1. The van der Waals surface area contributed by atoms with E-state index in [0.717, 1.165) is 18.0 Å². The number of hydrogen-bond acceptors (Lipinski definition) is 3. The largest absolute Gasteiger partial charge is 0.496 e. The van der Waals surface area contributed by atoms with Gasteiger partial charge in [-0.2, -0.15) is 0 Å². The molecule has 1 saturated heterocycles. The molecule has 0 aliphatic carbocycles. The van der Waals surface area contributed by atoms with E-state index in [2.05, 4.69) is 44.7 Å². The van der Waals surface area contributed by atoms with E-state index in [1.165, 1.54) is 37.1 Å². The Balaban J connectivity index is 2.23. The average molecular weight is 305 g/mol. The molecule has 0 saturated carbocycles. The van der Waals surface area contributed by atoms with E-state index in [1.54, 1.807) is 14.2 Å². The van der Waals surface area contributed by atoms with Gasteiger partial charge in [0.25, 0.3) is 0 Å². The molecule has 0 amide bonds. The van der Waals surface area contributed by atoms with Crippen molar-refractivity contribution in [3.63, 3.8) is 0 Å². The summed E-state index contributed by atoms with van der Waals surface area (Å²) in [5, 5.41) is 0. The van der Waals surface area contributed by atoms with E-state index in [9.17, 15) is 0 Å². The molecule has 0 spiro atoms. The number of piperidine rings is 1. The average Bonchev–Trinajstić information content (AvgIpc) is 2.48. The summed E-state index contributed by atoms with van der Waals surface area (Å²) in [6, 6.07) is 4.24. The molecule has 1 fully saturated rings. The van der Waals surface area contributed by atoms with Crippen molar-refractivity contribution in [2.24, 2.45) is 5.41 Å². The Labute approximate surface area is 135 Å². The Morgan fingerprint density at radius 2 is 1.73 bits per heavy atom. The number of benzene rings is 1. The van der Waals surface area contributed by atoms with Crippen LogP contribution in [0.1, 0.15) is 57.6 Å². The lowest BCUT2D eigenvalue weighted by Crippen LogP contribution is -2.36. The lowest BCUT2D eigenvalue weighted by atomic mass is 9.82. The van der Waals surface area contributed by atoms with Gasteiger partial charge < -0.3 is 9.47 Å². The molecule has 1 aromatic carbocycles. The lowest BCUT2D eigenvalue weighted by molar-refractivity contribution is 0.126. The van der Waals surface area contributed by atoms with Gasteiger partial charge in [0, 0.05) is 17.7 Å². The minimum Gasteiger partial charge on any atom is -0.496 e. The highest BCUT2D eigenvalue weighted by atomic mass is 16.5. The lowest BCUT2D eigenvalue weighted by Gasteiger charge is -2.37. The van der Waals surface area contributed by atoms with Gasteiger partial charge in [0.15, 0.2) is 0 Å². The number of ether oxygens (including phenoxy) is 2. The first-order valence-corrected chi connectivity index (χ1v) is 8.34. The summed E-state index contributed by atoms with van der Waals surface area (Å²) in [7, 11) is 3.50. The van der Waals surface area contributed by atoms with Crippen LogP contribution >= 0.6 is 0 Å². The van der Waals surface area contributed by atoms with E-state index in [4.69, 9.17) is 9.47 Å². The van der Waals surface area contributed by atoms with Gasteiger partial charge in [0.05, 0.1) is 14.2 Å². The highest BCUT2D eigenvalue weighted by Gasteiger charge is 2.26. The van der Waals surface area contributed by atoms with Crippen molar-refractivity contribution < 1.29 is 9.47 Å². The summed E-state index contributed by atoms with van der Waals surface area (Å²) >= 11 is 0. The number of methoxy groups -OCH3 is 2. The molecule has 2 rings (SSSR count). The minimum absolute atomic E-state index is 0.380. The molecule has 1 aliphatic heterocycles. The zero-order valence-electron chi connectivity index (χ0n) is 15.0. The van der Waals surface area contributed by atoms with Crippen molar-refractivity contribution >= 4 is 0 Å². The van der Waals surface area contributed by atoms with Crippen LogP contribution in [0.5, 0.6) is 11.5 Å². The van der Waals surface area contributed by atoms with Gasteiger partial charge in [-0.3, -0.25) is 4.90 Å². The summed E-state index contributed by atoms with van der Waals surface area (Å²) in [5.74, 6) is 2.31. The number of hydrogen-bond donors (Lipinski definition) is 0. The molecule has 3 nitrogen and oxygen atoms in total. The van der Waals surface area contributed by atoms with Crippen LogP contribution in [0.4, 0.5) is 0 Å². The van der Waals surface area contributed by atoms with Crippen molar-refractivity contribution in [2.75, 3.05) is 27.3 Å². The standard InChI is InChI=1S/C19H31NO2/c1-14(2)17-16(21-5)8-7-15(18(17)22-6)13-20-11-9-19(3,4)10-12-20/h7-8,14H,9-13H2,1-6H3. The van der Waals surface area contributed by atoms with Crippen LogP contribution in [0.3, 0.4) is 0 Å². The van der Waals surface area contributed by atoms with Crippen LogP contribution in [0, 0.1) is 5.41 Å². The topological polar surface area (TPSA) is 21.7 Å². The third-order valence-corrected chi connectivity index (χ3v) is 4.84. The summed E-state index contributed by atoms with van der Waals surface area (Å²) in [6.07, 6.45) is 2.53. The fourth-order valence-corrected chi connectivity index (χ4v) is 3.27. The Kier molecular flexibility index (Phi) is 5.38. The van der Waals surface area contributed by atoms with E-state index >= 15 is 0 Å². The van der Waals surface area contributed by atoms with Gasteiger partial charge in [-0.05, 0) is 43.3 Å². The fourth-order valence-electron chi connectivity index (χ4n) is 3.27. The van der Waals surface area contributed by atoms with Crippen LogP contribution in [-0.2, 0) is 6.54 Å². The molecular weight excluding hydrogens is 274 g/mol. The van der Waals surface area contributed by atoms with Crippen molar-refractivity contribution in [2.45, 2.75) is 53.0 Å². The smallest absolute Gasteiger partial charge is 0.130 e. The monoisotopic (exact) mass is 305 g/mol. The van der Waals surface area contributed by atoms with E-state index in [0.29, 0.717) is 11.3 Å². The number of rotatable bonds is 5. The quantitative estimate of drug-likeness (QED) is 0.802. The third-order valence-electron chi connectivity index (χ3n) is 4.84. The molecular formula is C19H31NO2. The van der Waals surface area contributed by atoms with Crippen molar-refractivity contribution in [3.8, 4) is 11.5 Å². The molecule has 1 aliphatic rings. The molecule has 3 heteroatoms. The van der Waals surface area contributed by atoms with Crippen LogP contribution in [0.25, 0.3) is 0 Å². The van der Waals surface area contributed by atoms with Crippen molar-refractivity contribution in [1.82, 2.24) is 4.90 Å². The molecule has 22 heavy (non-hydrogen) atoms. The van der Waals surface area contributed by atoms with Gasteiger partial charge in [-0.1, -0.05) is 33.8 Å². The van der Waals surface area contributed by atoms with Gasteiger partial charge in [0.2, 0.25) is 0 Å². The first-order valence-electron chi connectivity index (χ1n) is 8.34. The molecule has 1 heterocycles. The summed E-state index contributed by atoms with van der Waals surface area (Å²) < 4.78 is 11.3. The highest BCUT2D eigenvalue weighted by molar-refractivity contribution is 5.51. The zero-order chi connectivity index (χ0) is 16.3. The third kappa shape index (κ3) is 3.75. The van der Waals surface area contributed by atoms with Crippen molar-refractivity contribution in [1.29, 1.82) is 0 Å². The molecule has 124 valence electrons. The maximum atomic E-state index is 5.76. The minimum atomic E-state index is 0.380. The first-order chi connectivity index (χ1) is 10.4. The summed E-state index contributed by atoms with van der Waals surface area (Å²) in [6.45, 7) is 12.4. The maximum Gasteiger partial charge on any atom is 0.130 e. The van der Waals surface area contributed by atoms with Gasteiger partial charge in [-0.15, -0.1) is 0 Å². The van der Waals surface area contributed by atoms with Crippen molar-refractivity contribution in [3.05, 3.63) is 23.3 Å². The molecule has 0 unspecified atom stereocenters. The van der Waals surface area contributed by atoms with Gasteiger partial charge in [0.1, 0.15) is 11.5 Å². The summed E-state index contributed by atoms with van der Waals surface area (Å²) in [5.41, 5.74) is 2.94. The second-order valence-electron chi connectivity index (χ2n) is 7.47. The first kappa shape index (κ1) is 17.1. The Hall–Kier alpha value is -1.22. The number of likely N-dealkylation sites (tertiary alicyclic amines) is 1. The predicted molar refractivity (Wildman–Crippen MR) is 91.9 cm³/mol. The molecule has 1 aromatic rings. The molecule has 0 N–H and O–H groups in total. The van der Waals surface area contributed by atoms with E-state index < -0.39 is 0 Å². The Morgan fingerprint density at radius 1 is 1.09 bits per heavy atom. The zero-order valence-corrected chi connectivity index (χ0v) is 15.0. The van der Waals surface area contributed by atoms with Crippen LogP contribution in [0.15, 0.2) is 12.1 Å². The SMILES string of the molecule is COc1ccc(CN2CCC(C)(C)CC2)c(OC)c1C(C)C. The van der Waals surface area contributed by atoms with Crippen LogP contribution in [-0.4, -0.2) is 32.2 Å². The van der Waals surface area contributed by atoms with Crippen LogP contribution in [0.2, 0.25) is 0 Å². The molecule has 0 aromatic heterocycles. The van der Waals surface area contributed by atoms with E-state index in [1.807, 2.05) is 0 Å². The molecule has 0 bridgehead atoms. The second-order valence-corrected chi connectivity index (χ2v) is 7.47. The van der Waals surface area contributed by atoms with Gasteiger partial charge >= 0.3 is 0 Å². The fraction of sp³-hybridized carbons (Fsp3) is 0.684. The Bertz CT molecular complexity index is 498. The second kappa shape index (κ2) is 6.91. The van der Waals surface area contributed by atoms with Gasteiger partial charge in [-0.25, -0.2) is 0 Å². The normalized spacial score (nSPS) is 18.5. The highest BCUT2D eigenvalue weighted by Crippen LogP contribution is 2.39.